The third-order valence-electron chi connectivity index (χ3n) is 20.4. The Kier molecular flexibility index (Phi) is 26.4. The van der Waals surface area contributed by atoms with E-state index in [-0.39, 0.29) is 146 Å². The van der Waals surface area contributed by atoms with Gasteiger partial charge in [-0.3, -0.25) is 86.7 Å². The van der Waals surface area contributed by atoms with Crippen molar-refractivity contribution >= 4 is 104 Å². The minimum atomic E-state index is -0.983. The summed E-state index contributed by atoms with van der Waals surface area (Å²) in [5, 5.41) is 18.7. The first kappa shape index (κ1) is 76.3. The molecule has 0 radical (unpaired) electrons. The third kappa shape index (κ3) is 18.5. The van der Waals surface area contributed by atoms with Gasteiger partial charge in [0.2, 0.25) is 35.4 Å². The number of rotatable bonds is 10. The minimum Gasteiger partial charge on any atom is -0.356 e. The van der Waals surface area contributed by atoms with Gasteiger partial charge in [0.1, 0.15) is 12.1 Å². The van der Waals surface area contributed by atoms with E-state index in [4.69, 9.17) is 0 Å². The number of hydrogen-bond donors (Lipinski definition) is 6. The van der Waals surface area contributed by atoms with Crippen LogP contribution in [0.15, 0.2) is 48.5 Å². The monoisotopic (exact) mass is 1420 g/mol. The molecule has 4 aromatic rings. The lowest BCUT2D eigenvalue weighted by Gasteiger charge is -2.32. The average molecular weight is 1420 g/mol. The molecule has 14 amide bonds. The maximum absolute atomic E-state index is 13.9. The highest BCUT2D eigenvalue weighted by molar-refractivity contribution is 6.35. The third-order valence-corrected chi connectivity index (χ3v) is 20.4. The molecule has 552 valence electrons. The van der Waals surface area contributed by atoms with Gasteiger partial charge in [-0.05, 0) is 206 Å². The topological polar surface area (TPSA) is 337 Å². The molecule has 0 spiro atoms. The standard InChI is InChI=1S/C75H98N14O14/c1-82-36-10-32-76-58(90)30-28-56(66(94)78-34-12-38-84(3)42-16-46-88-72(100)52-24-20-48-62-49(21-25-53(64(52)62)73(88)101)69(97)86(68(48)96)44-14-40-82)80-60(92)18-8-6-5-7-9-19-61(93)81-57-29-31-59(91)77-33-11-37-83(2)41-15-45-87-70(98)50-22-26-54-65-55(27-23-51(63(50)65)71(87)99)75(103)89(74(54)102)47-17-43-85(4)39-13-35-79-67(57)95/h20-27,56-57H,5-19,28-47H2,1-4H3,(H,76,90)(H,77,91)(H,78,94)(H,79,95)(H,80,92)(H,81,93)/t56-,57-/m1/s1. The van der Waals surface area contributed by atoms with E-state index in [0.29, 0.717) is 170 Å². The van der Waals surface area contributed by atoms with Gasteiger partial charge in [0, 0.05) is 144 Å². The van der Waals surface area contributed by atoms with E-state index in [9.17, 15) is 67.1 Å². The Morgan fingerprint density at radius 3 is 0.796 bits per heavy atom. The summed E-state index contributed by atoms with van der Waals surface area (Å²) < 4.78 is 0. The molecule has 28 heteroatoms. The van der Waals surface area contributed by atoms with E-state index in [1.54, 1.807) is 48.5 Å². The Bertz CT molecular complexity index is 3580. The van der Waals surface area contributed by atoms with E-state index < -0.39 is 71.2 Å². The summed E-state index contributed by atoms with van der Waals surface area (Å²) >= 11 is 0. The number of nitrogens with one attached hydrogen (secondary N) is 6. The number of imide groups is 4. The van der Waals surface area contributed by atoms with Crippen LogP contribution >= 0.6 is 0 Å². The van der Waals surface area contributed by atoms with Gasteiger partial charge in [-0.25, -0.2) is 0 Å². The van der Waals surface area contributed by atoms with E-state index in [1.165, 1.54) is 19.6 Å². The van der Waals surface area contributed by atoms with E-state index in [1.807, 2.05) is 47.8 Å². The molecular formula is C75H98N14O14. The first-order valence-corrected chi connectivity index (χ1v) is 36.7. The van der Waals surface area contributed by atoms with Crippen molar-refractivity contribution in [2.45, 2.75) is 134 Å². The Hall–Kier alpha value is -9.38. The quantitative estimate of drug-likeness (QED) is 0.0974. The maximum atomic E-state index is 13.9. The summed E-state index contributed by atoms with van der Waals surface area (Å²) in [5.74, 6) is -5.96. The molecular weight excluding hydrogens is 1320 g/mol. The van der Waals surface area contributed by atoms with Gasteiger partial charge < -0.3 is 51.5 Å². The lowest BCUT2D eigenvalue weighted by atomic mass is 9.86. The van der Waals surface area contributed by atoms with Crippen molar-refractivity contribution in [3.05, 3.63) is 93.0 Å². The second-order valence-electron chi connectivity index (χ2n) is 28.1. The molecule has 16 rings (SSSR count). The highest BCUT2D eigenvalue weighted by Crippen LogP contribution is 2.40. The zero-order chi connectivity index (χ0) is 73.4. The van der Waals surface area contributed by atoms with Crippen molar-refractivity contribution in [2.75, 3.05) is 133 Å². The summed E-state index contributed by atoms with van der Waals surface area (Å²) in [4.78, 5) is 205. The largest absolute Gasteiger partial charge is 0.356 e. The predicted octanol–water partition coefficient (Wildman–Crippen LogP) is 3.68. The van der Waals surface area contributed by atoms with Crippen molar-refractivity contribution in [1.82, 2.24) is 71.1 Å². The number of nitrogens with zero attached hydrogens (tertiary/aromatic N) is 8. The number of fused-ring (bicyclic) bond motifs is 4. The number of benzene rings is 4. The average Bonchev–Trinajstić information content (AvgIpc) is 0.721. The zero-order valence-corrected chi connectivity index (χ0v) is 59.8. The maximum Gasteiger partial charge on any atom is 0.261 e. The molecule has 0 aliphatic carbocycles. The molecule has 12 aliphatic heterocycles. The summed E-state index contributed by atoms with van der Waals surface area (Å²) in [7, 11) is 7.60. The first-order valence-electron chi connectivity index (χ1n) is 36.7. The van der Waals surface area contributed by atoms with E-state index in [2.05, 4.69) is 31.9 Å². The molecule has 6 N–H and O–H groups in total. The lowest BCUT2D eigenvalue weighted by Crippen LogP contribution is -2.47. The minimum absolute atomic E-state index is 0.0199. The van der Waals surface area contributed by atoms with Gasteiger partial charge in [0.25, 0.3) is 47.3 Å². The van der Waals surface area contributed by atoms with Crippen LogP contribution in [0.5, 0.6) is 0 Å². The predicted molar refractivity (Wildman–Crippen MR) is 383 cm³/mol. The first-order chi connectivity index (χ1) is 49.6. The molecule has 0 aromatic heterocycles. The highest BCUT2D eigenvalue weighted by atomic mass is 16.2. The molecule has 0 saturated heterocycles. The van der Waals surface area contributed by atoms with Crippen LogP contribution in [0.25, 0.3) is 21.5 Å². The number of amides is 14. The van der Waals surface area contributed by atoms with Crippen LogP contribution in [0.4, 0.5) is 0 Å². The molecule has 0 unspecified atom stereocenters. The molecule has 28 nitrogen and oxygen atoms in total. The second kappa shape index (κ2) is 35.7. The Morgan fingerprint density at radius 1 is 0.320 bits per heavy atom. The second-order valence-corrected chi connectivity index (χ2v) is 28.1. The van der Waals surface area contributed by atoms with Crippen LogP contribution in [0.3, 0.4) is 0 Å². The summed E-state index contributed by atoms with van der Waals surface area (Å²) in [6.07, 6.45) is 7.49. The van der Waals surface area contributed by atoms with Crippen LogP contribution in [0, 0.1) is 0 Å². The van der Waals surface area contributed by atoms with Crippen LogP contribution in [-0.4, -0.2) is 267 Å². The van der Waals surface area contributed by atoms with Gasteiger partial charge in [0.05, 0.1) is 0 Å². The van der Waals surface area contributed by atoms with Gasteiger partial charge in [0.15, 0.2) is 0 Å². The van der Waals surface area contributed by atoms with Crippen molar-refractivity contribution < 1.29 is 67.1 Å². The van der Waals surface area contributed by atoms with Crippen molar-refractivity contribution in [1.29, 1.82) is 0 Å². The van der Waals surface area contributed by atoms with Gasteiger partial charge in [-0.15, -0.1) is 0 Å². The number of unbranched alkanes of at least 4 members (excludes halogenated alkanes) is 4. The molecule has 0 fully saturated rings. The fourth-order valence-corrected chi connectivity index (χ4v) is 14.6. The molecule has 4 aromatic carbocycles. The normalized spacial score (nSPS) is 21.4. The molecule has 12 aliphatic rings. The Balaban J connectivity index is 0.662. The van der Waals surface area contributed by atoms with Crippen molar-refractivity contribution in [3.63, 3.8) is 0 Å². The van der Waals surface area contributed by atoms with E-state index >= 15 is 0 Å². The fraction of sp³-hybridized carbons (Fsp3) is 0.547. The molecule has 12 heterocycles. The Morgan fingerprint density at radius 2 is 0.544 bits per heavy atom. The summed E-state index contributed by atoms with van der Waals surface area (Å²) in [6, 6.07) is 10.6. The van der Waals surface area contributed by atoms with Gasteiger partial charge in [-0.2, -0.15) is 0 Å². The molecule has 0 saturated carbocycles. The van der Waals surface area contributed by atoms with Crippen LogP contribution in [0.2, 0.25) is 0 Å². The smallest absolute Gasteiger partial charge is 0.261 e. The van der Waals surface area contributed by atoms with Crippen LogP contribution in [0.1, 0.15) is 205 Å². The zero-order valence-electron chi connectivity index (χ0n) is 59.8. The van der Waals surface area contributed by atoms with Gasteiger partial charge in [-0.1, -0.05) is 19.3 Å². The van der Waals surface area contributed by atoms with Crippen LogP contribution in [-0.2, 0) is 28.8 Å². The Labute approximate surface area is 600 Å². The van der Waals surface area contributed by atoms with Crippen LogP contribution < -0.4 is 31.9 Å². The molecule has 103 heavy (non-hydrogen) atoms. The lowest BCUT2D eigenvalue weighted by molar-refractivity contribution is -0.130. The van der Waals surface area contributed by atoms with E-state index in [0.717, 1.165) is 0 Å². The van der Waals surface area contributed by atoms with Crippen molar-refractivity contribution in [2.24, 2.45) is 0 Å². The fourth-order valence-electron chi connectivity index (χ4n) is 14.6. The highest BCUT2D eigenvalue weighted by Gasteiger charge is 2.42. The summed E-state index contributed by atoms with van der Waals surface area (Å²) in [6.45, 7) is 6.29. The number of hydrogen-bond acceptors (Lipinski definition) is 18. The van der Waals surface area contributed by atoms with Crippen molar-refractivity contribution in [3.8, 4) is 0 Å². The molecule has 2 atom stereocenters. The number of carbonyl (C=O) groups is 14. The van der Waals surface area contributed by atoms with Gasteiger partial charge >= 0.3 is 0 Å². The molecule has 16 bridgehead atoms. The summed E-state index contributed by atoms with van der Waals surface area (Å²) in [5.41, 5.74) is 2.14. The SMILES string of the molecule is CN1CCCNC(=O)CC[C@@H](NC(=O)CCCCCCCC(=O)N[C@@H]2CCC(=O)NCCCN(C)CCCN3C(=O)c4ccc5c6c(ccc(c46)C3=O)C(=O)N(CCCN(C)CCCNC2=O)C5=O)C(=O)NCCCN(C)CCCN2C(=O)c3ccc4c5c(ccc(c35)C2=O)C(=O)N(CCC1)C4=O. The number of carbonyl (C=O) groups excluding carboxylic acids is 14.